The maximum absolute atomic E-state index is 9.69. The van der Waals surface area contributed by atoms with Crippen molar-refractivity contribution in [2.45, 2.75) is 30.4 Å². The molecule has 0 amide bonds. The van der Waals surface area contributed by atoms with Gasteiger partial charge in [0.25, 0.3) is 0 Å². The number of nitriles is 1. The van der Waals surface area contributed by atoms with Crippen LogP contribution in [0.25, 0.3) is 0 Å². The molecule has 4 rings (SSSR count). The van der Waals surface area contributed by atoms with Gasteiger partial charge in [-0.2, -0.15) is 5.26 Å². The Balaban J connectivity index is 1.66. The lowest BCUT2D eigenvalue weighted by molar-refractivity contribution is 0.379. The maximum atomic E-state index is 9.69. The summed E-state index contributed by atoms with van der Waals surface area (Å²) < 4.78 is 5.54. The predicted molar refractivity (Wildman–Crippen MR) is 113 cm³/mol. The normalized spacial score (nSPS) is 15.9. The quantitative estimate of drug-likeness (QED) is 0.554. The molecular formula is C20H17ClN4OS2. The Kier molecular flexibility index (Phi) is 5.11. The van der Waals surface area contributed by atoms with E-state index >= 15 is 0 Å². The highest BCUT2D eigenvalue weighted by Gasteiger charge is 2.35. The summed E-state index contributed by atoms with van der Waals surface area (Å²) in [7, 11) is 0. The van der Waals surface area contributed by atoms with Crippen LogP contribution in [0.2, 0.25) is 5.02 Å². The van der Waals surface area contributed by atoms with Crippen molar-refractivity contribution in [1.29, 1.82) is 5.26 Å². The first-order chi connectivity index (χ1) is 13.5. The first kappa shape index (κ1) is 18.9. The molecule has 3 N–H and O–H groups in total. The zero-order chi connectivity index (χ0) is 19.8. The minimum atomic E-state index is -0.259. The number of halogens is 1. The largest absolute Gasteiger partial charge is 0.420 e. The number of ether oxygens (including phenoxy) is 1. The molecule has 0 saturated carbocycles. The number of rotatable bonds is 4. The van der Waals surface area contributed by atoms with Crippen molar-refractivity contribution in [3.05, 3.63) is 73.4 Å². The van der Waals surface area contributed by atoms with Gasteiger partial charge < -0.3 is 10.5 Å². The Morgan fingerprint density at radius 3 is 2.82 bits per heavy atom. The van der Waals surface area contributed by atoms with E-state index in [0.29, 0.717) is 11.5 Å². The fourth-order valence-electron chi connectivity index (χ4n) is 3.21. The number of nitrogens with one attached hydrogen (secondary N) is 1. The molecule has 142 valence electrons. The molecule has 1 aromatic carbocycles. The molecule has 28 heavy (non-hydrogen) atoms. The van der Waals surface area contributed by atoms with Crippen molar-refractivity contribution in [2.75, 3.05) is 0 Å². The van der Waals surface area contributed by atoms with Gasteiger partial charge in [-0.25, -0.2) is 0 Å². The van der Waals surface area contributed by atoms with Gasteiger partial charge in [0, 0.05) is 31.1 Å². The van der Waals surface area contributed by atoms with Crippen molar-refractivity contribution in [3.8, 4) is 11.9 Å². The summed E-state index contributed by atoms with van der Waals surface area (Å²) in [5.74, 6) is 1.15. The van der Waals surface area contributed by atoms with Crippen LogP contribution in [0, 0.1) is 25.2 Å². The second-order valence-electron chi connectivity index (χ2n) is 6.47. The third-order valence-corrected chi connectivity index (χ3v) is 7.13. The highest BCUT2D eigenvalue weighted by Crippen LogP contribution is 2.45. The molecule has 0 spiro atoms. The molecule has 1 unspecified atom stereocenters. The first-order valence-corrected chi connectivity index (χ1v) is 10.8. The van der Waals surface area contributed by atoms with Gasteiger partial charge in [-0.1, -0.05) is 11.6 Å². The smallest absolute Gasteiger partial charge is 0.244 e. The summed E-state index contributed by atoms with van der Waals surface area (Å²) in [5.41, 5.74) is 9.43. The number of aromatic nitrogens is 2. The van der Waals surface area contributed by atoms with Gasteiger partial charge in [-0.3, -0.25) is 5.10 Å². The van der Waals surface area contributed by atoms with E-state index in [0.717, 1.165) is 31.8 Å². The molecule has 0 saturated heterocycles. The van der Waals surface area contributed by atoms with Gasteiger partial charge in [0.05, 0.1) is 11.5 Å². The fourth-order valence-corrected chi connectivity index (χ4v) is 5.54. The summed E-state index contributed by atoms with van der Waals surface area (Å²) in [4.78, 5) is 3.46. The first-order valence-electron chi connectivity index (χ1n) is 8.58. The molecule has 3 aromatic rings. The fraction of sp³-hybridized carbons (Fsp3) is 0.200. The van der Waals surface area contributed by atoms with Crippen molar-refractivity contribution in [1.82, 2.24) is 10.2 Å². The van der Waals surface area contributed by atoms with E-state index in [1.165, 1.54) is 10.4 Å². The van der Waals surface area contributed by atoms with Crippen LogP contribution < -0.4 is 10.5 Å². The third kappa shape index (κ3) is 3.39. The highest BCUT2D eigenvalue weighted by molar-refractivity contribution is 7.98. The second-order valence-corrected chi connectivity index (χ2v) is 9.24. The number of nitrogens with zero attached hydrogens (tertiary/aromatic N) is 2. The molecule has 1 atom stereocenters. The number of hydrogen-bond donors (Lipinski definition) is 2. The molecule has 0 fully saturated rings. The van der Waals surface area contributed by atoms with Gasteiger partial charge >= 0.3 is 0 Å². The van der Waals surface area contributed by atoms with Gasteiger partial charge in [-0.05, 0) is 49.7 Å². The van der Waals surface area contributed by atoms with Crippen LogP contribution in [0.3, 0.4) is 0 Å². The number of H-pyrrole nitrogens is 1. The standard InChI is InChI=1S/C20H17ClN4OS2/c1-10-17-18(15(8-22)19(23)26-20(17)25-24-10)16-7-12(11(2)28-16)9-27-14-5-3-13(21)4-6-14/h3-7,18H,9,23H2,1-2H3,(H,24,25). The topological polar surface area (TPSA) is 87.7 Å². The zero-order valence-electron chi connectivity index (χ0n) is 15.2. The zero-order valence-corrected chi connectivity index (χ0v) is 17.6. The van der Waals surface area contributed by atoms with Crippen molar-refractivity contribution < 1.29 is 4.74 Å². The van der Waals surface area contributed by atoms with Gasteiger partial charge in [-0.15, -0.1) is 28.2 Å². The van der Waals surface area contributed by atoms with Crippen LogP contribution in [-0.2, 0) is 5.75 Å². The molecule has 0 bridgehead atoms. The Bertz CT molecular complexity index is 1110. The molecule has 5 nitrogen and oxygen atoms in total. The van der Waals surface area contributed by atoms with Crippen LogP contribution >= 0.6 is 34.7 Å². The molecule has 0 aliphatic carbocycles. The molecule has 1 aliphatic rings. The van der Waals surface area contributed by atoms with E-state index in [2.05, 4.69) is 29.3 Å². The van der Waals surface area contributed by atoms with Crippen LogP contribution in [0.15, 0.2) is 46.7 Å². The van der Waals surface area contributed by atoms with E-state index in [-0.39, 0.29) is 11.8 Å². The van der Waals surface area contributed by atoms with E-state index in [1.807, 2.05) is 31.2 Å². The third-order valence-electron chi connectivity index (χ3n) is 4.66. The van der Waals surface area contributed by atoms with Crippen molar-refractivity contribution >= 4 is 34.7 Å². The summed E-state index contributed by atoms with van der Waals surface area (Å²) >= 11 is 9.40. The number of aryl methyl sites for hydroxylation is 2. The average molecular weight is 429 g/mol. The summed E-state index contributed by atoms with van der Waals surface area (Å²) in [6.45, 7) is 4.03. The Hall–Kier alpha value is -2.40. The minimum absolute atomic E-state index is 0.120. The molecule has 3 heterocycles. The Labute approximate surface area is 176 Å². The van der Waals surface area contributed by atoms with Gasteiger partial charge in [0.1, 0.15) is 11.6 Å². The summed E-state index contributed by atoms with van der Waals surface area (Å²) in [6.07, 6.45) is 0. The van der Waals surface area contributed by atoms with Gasteiger partial charge in [0.15, 0.2) is 0 Å². The monoisotopic (exact) mass is 428 g/mol. The maximum Gasteiger partial charge on any atom is 0.244 e. The molecule has 8 heteroatoms. The number of nitrogens with two attached hydrogens (primary N) is 1. The average Bonchev–Trinajstić information content (AvgIpc) is 3.23. The number of aromatic amines is 1. The predicted octanol–water partition coefficient (Wildman–Crippen LogP) is 5.25. The number of allylic oxidation sites excluding steroid dienone is 1. The van der Waals surface area contributed by atoms with Crippen molar-refractivity contribution in [3.63, 3.8) is 0 Å². The van der Waals surface area contributed by atoms with E-state index in [1.54, 1.807) is 23.1 Å². The van der Waals surface area contributed by atoms with Crippen LogP contribution in [0.1, 0.15) is 32.5 Å². The second kappa shape index (κ2) is 7.55. The molecular weight excluding hydrogens is 412 g/mol. The van der Waals surface area contributed by atoms with Crippen LogP contribution in [0.4, 0.5) is 0 Å². The Morgan fingerprint density at radius 2 is 2.11 bits per heavy atom. The molecule has 0 radical (unpaired) electrons. The lowest BCUT2D eigenvalue weighted by atomic mass is 9.88. The number of thioether (sulfide) groups is 1. The Morgan fingerprint density at radius 1 is 1.36 bits per heavy atom. The lowest BCUT2D eigenvalue weighted by Crippen LogP contribution is -2.20. The SMILES string of the molecule is Cc1[nH]nc2c1C(c1cc(CSc3ccc(Cl)cc3)c(C)s1)C(C#N)=C(N)O2. The summed E-state index contributed by atoms with van der Waals surface area (Å²) in [6, 6.07) is 12.2. The molecule has 1 aliphatic heterocycles. The number of thiophene rings is 1. The number of benzene rings is 1. The van der Waals surface area contributed by atoms with Crippen LogP contribution in [0.5, 0.6) is 5.88 Å². The van der Waals surface area contributed by atoms with E-state index < -0.39 is 0 Å². The lowest BCUT2D eigenvalue weighted by Gasteiger charge is -2.22. The number of fused-ring (bicyclic) bond motifs is 1. The minimum Gasteiger partial charge on any atom is -0.420 e. The van der Waals surface area contributed by atoms with Crippen LogP contribution in [-0.4, -0.2) is 10.2 Å². The van der Waals surface area contributed by atoms with Crippen molar-refractivity contribution in [2.24, 2.45) is 5.73 Å². The molecule has 2 aromatic heterocycles. The van der Waals surface area contributed by atoms with E-state index in [9.17, 15) is 5.26 Å². The van der Waals surface area contributed by atoms with Gasteiger partial charge in [0.2, 0.25) is 11.8 Å². The van der Waals surface area contributed by atoms with E-state index in [4.69, 9.17) is 22.1 Å². The summed E-state index contributed by atoms with van der Waals surface area (Å²) in [5, 5.41) is 17.5. The highest BCUT2D eigenvalue weighted by atomic mass is 35.5. The number of hydrogen-bond acceptors (Lipinski definition) is 6.